The first-order valence-corrected chi connectivity index (χ1v) is 8.03. The average molecular weight is 300 g/mol. The van der Waals surface area contributed by atoms with Gasteiger partial charge in [0.2, 0.25) is 0 Å². The number of ether oxygens (including phenoxy) is 1. The number of carbonyl (C=O) groups is 1. The van der Waals surface area contributed by atoms with Crippen molar-refractivity contribution in [2.24, 2.45) is 0 Å². The fourth-order valence-corrected chi connectivity index (χ4v) is 3.92. The van der Waals surface area contributed by atoms with Crippen LogP contribution < -0.4 is 5.32 Å². The van der Waals surface area contributed by atoms with Gasteiger partial charge in [0.25, 0.3) is 0 Å². The lowest BCUT2D eigenvalue weighted by Gasteiger charge is -2.39. The van der Waals surface area contributed by atoms with E-state index in [2.05, 4.69) is 5.32 Å². The van der Waals surface area contributed by atoms with Gasteiger partial charge in [-0.05, 0) is 25.7 Å². The molecule has 1 saturated carbocycles. The third-order valence-electron chi connectivity index (χ3n) is 5.21. The number of aliphatic hydroxyl groups is 1. The van der Waals surface area contributed by atoms with Crippen molar-refractivity contribution in [3.8, 4) is 0 Å². The van der Waals surface area contributed by atoms with Crippen LogP contribution in [0.4, 0.5) is 9.18 Å². The van der Waals surface area contributed by atoms with Gasteiger partial charge >= 0.3 is 6.03 Å². The van der Waals surface area contributed by atoms with Gasteiger partial charge in [0.15, 0.2) is 5.67 Å². The van der Waals surface area contributed by atoms with Crippen molar-refractivity contribution in [3.05, 3.63) is 0 Å². The third kappa shape index (κ3) is 3.16. The number of carbonyl (C=O) groups excluding carboxylic acids is 1. The molecular weight excluding hydrogens is 275 g/mol. The number of amides is 2. The van der Waals surface area contributed by atoms with Gasteiger partial charge in [-0.15, -0.1) is 0 Å². The first kappa shape index (κ1) is 15.0. The molecule has 0 aromatic carbocycles. The molecule has 1 spiro atoms. The number of hydrogen-bond donors (Lipinski definition) is 2. The van der Waals surface area contributed by atoms with E-state index < -0.39 is 12.3 Å². The van der Waals surface area contributed by atoms with Crippen LogP contribution in [-0.4, -0.2) is 59.7 Å². The highest BCUT2D eigenvalue weighted by molar-refractivity contribution is 5.75. The highest BCUT2D eigenvalue weighted by atomic mass is 19.1. The summed E-state index contributed by atoms with van der Waals surface area (Å²) in [5.74, 6) is 0. The third-order valence-corrected chi connectivity index (χ3v) is 5.21. The van der Waals surface area contributed by atoms with E-state index >= 15 is 0 Å². The number of halogens is 1. The minimum atomic E-state index is -1.63. The molecule has 2 unspecified atom stereocenters. The summed E-state index contributed by atoms with van der Waals surface area (Å²) in [5.41, 5.74) is -1.66. The zero-order valence-corrected chi connectivity index (χ0v) is 12.4. The molecule has 6 heteroatoms. The van der Waals surface area contributed by atoms with Crippen molar-refractivity contribution >= 4 is 6.03 Å². The summed E-state index contributed by atoms with van der Waals surface area (Å²) in [6, 6.07) is -0.0869. The Balaban J connectivity index is 1.53. The first-order valence-electron chi connectivity index (χ1n) is 8.03. The number of rotatable bonds is 2. The highest BCUT2D eigenvalue weighted by Gasteiger charge is 2.42. The Labute approximate surface area is 124 Å². The lowest BCUT2D eigenvalue weighted by Crippen LogP contribution is -2.51. The van der Waals surface area contributed by atoms with Gasteiger partial charge in [0.1, 0.15) is 0 Å². The van der Waals surface area contributed by atoms with E-state index in [1.54, 1.807) is 0 Å². The van der Waals surface area contributed by atoms with Crippen molar-refractivity contribution in [3.63, 3.8) is 0 Å². The Morgan fingerprint density at radius 3 is 2.81 bits per heavy atom. The molecule has 3 rings (SSSR count). The Bertz CT molecular complexity index is 400. The maximum absolute atomic E-state index is 14.0. The van der Waals surface area contributed by atoms with E-state index in [0.29, 0.717) is 13.2 Å². The lowest BCUT2D eigenvalue weighted by molar-refractivity contribution is -0.0823. The monoisotopic (exact) mass is 300 g/mol. The maximum Gasteiger partial charge on any atom is 0.317 e. The molecule has 0 bridgehead atoms. The number of likely N-dealkylation sites (tertiary alicyclic amines) is 1. The highest BCUT2D eigenvalue weighted by Crippen LogP contribution is 2.40. The largest absolute Gasteiger partial charge is 0.393 e. The Hall–Kier alpha value is -0.880. The van der Waals surface area contributed by atoms with Gasteiger partial charge in [0, 0.05) is 25.6 Å². The van der Waals surface area contributed by atoms with Gasteiger partial charge in [-0.3, -0.25) is 0 Å². The van der Waals surface area contributed by atoms with Crippen LogP contribution in [0.15, 0.2) is 0 Å². The molecule has 21 heavy (non-hydrogen) atoms. The SMILES string of the molecule is O=C(NC1CCOC2(CCCC2)C1)N1CCC(F)(CO)C1. The van der Waals surface area contributed by atoms with Gasteiger partial charge in [-0.2, -0.15) is 0 Å². The van der Waals surface area contributed by atoms with E-state index in [-0.39, 0.29) is 30.6 Å². The fourth-order valence-electron chi connectivity index (χ4n) is 3.92. The van der Waals surface area contributed by atoms with Crippen LogP contribution in [-0.2, 0) is 4.74 Å². The summed E-state index contributed by atoms with van der Waals surface area (Å²) >= 11 is 0. The summed E-state index contributed by atoms with van der Waals surface area (Å²) in [5, 5.41) is 12.1. The summed E-state index contributed by atoms with van der Waals surface area (Å²) in [7, 11) is 0. The second-order valence-electron chi connectivity index (χ2n) is 6.86. The normalized spacial score (nSPS) is 35.3. The van der Waals surface area contributed by atoms with E-state index in [4.69, 9.17) is 9.84 Å². The summed E-state index contributed by atoms with van der Waals surface area (Å²) in [6.45, 7) is 0.534. The quantitative estimate of drug-likeness (QED) is 0.814. The molecule has 120 valence electrons. The molecule has 2 N–H and O–H groups in total. The van der Waals surface area contributed by atoms with Gasteiger partial charge in [-0.1, -0.05) is 12.8 Å². The smallest absolute Gasteiger partial charge is 0.317 e. The number of alkyl halides is 1. The predicted molar refractivity (Wildman–Crippen MR) is 75.8 cm³/mol. The molecule has 2 amide bonds. The van der Waals surface area contributed by atoms with Gasteiger partial charge in [-0.25, -0.2) is 9.18 Å². The maximum atomic E-state index is 14.0. The number of nitrogens with zero attached hydrogens (tertiary/aromatic N) is 1. The van der Waals surface area contributed by atoms with Crippen LogP contribution in [0.2, 0.25) is 0 Å². The van der Waals surface area contributed by atoms with Crippen LogP contribution in [0.3, 0.4) is 0 Å². The molecular formula is C15H25FN2O3. The van der Waals surface area contributed by atoms with Crippen molar-refractivity contribution in [2.45, 2.75) is 62.3 Å². The Kier molecular flexibility index (Phi) is 4.10. The molecule has 0 aromatic rings. The van der Waals surface area contributed by atoms with E-state index in [9.17, 15) is 9.18 Å². The summed E-state index contributed by atoms with van der Waals surface area (Å²) < 4.78 is 19.9. The number of nitrogens with one attached hydrogen (secondary N) is 1. The van der Waals surface area contributed by atoms with E-state index in [1.807, 2.05) is 0 Å². The average Bonchev–Trinajstić information content (AvgIpc) is 3.07. The van der Waals surface area contributed by atoms with E-state index in [0.717, 1.165) is 25.7 Å². The van der Waals surface area contributed by atoms with E-state index in [1.165, 1.54) is 17.7 Å². The van der Waals surface area contributed by atoms with Crippen molar-refractivity contribution in [1.82, 2.24) is 10.2 Å². The fraction of sp³-hybridized carbons (Fsp3) is 0.933. The molecule has 2 atom stereocenters. The summed E-state index contributed by atoms with van der Waals surface area (Å²) in [6.07, 6.45) is 6.48. The molecule has 3 aliphatic rings. The van der Waals surface area contributed by atoms with Crippen LogP contribution in [0.25, 0.3) is 0 Å². The van der Waals surface area contributed by atoms with Crippen molar-refractivity contribution in [1.29, 1.82) is 0 Å². The molecule has 1 aliphatic carbocycles. The lowest BCUT2D eigenvalue weighted by atomic mass is 9.89. The molecule has 5 nitrogen and oxygen atoms in total. The van der Waals surface area contributed by atoms with Gasteiger partial charge < -0.3 is 20.1 Å². The molecule has 2 saturated heterocycles. The zero-order chi connectivity index (χ0) is 14.9. The van der Waals surface area contributed by atoms with Crippen molar-refractivity contribution < 1.29 is 19.0 Å². The zero-order valence-electron chi connectivity index (χ0n) is 12.4. The standard InChI is InChI=1S/C15H25FN2O3/c16-14(11-19)6-7-18(10-14)13(20)17-12-3-8-21-15(9-12)4-1-2-5-15/h12,19H,1-11H2,(H,17,20). The Morgan fingerprint density at radius 2 is 2.14 bits per heavy atom. The number of hydrogen-bond acceptors (Lipinski definition) is 3. The second-order valence-corrected chi connectivity index (χ2v) is 6.86. The minimum absolute atomic E-state index is 0.0102. The van der Waals surface area contributed by atoms with Crippen molar-refractivity contribution in [2.75, 3.05) is 26.3 Å². The minimum Gasteiger partial charge on any atom is -0.393 e. The van der Waals surface area contributed by atoms with Gasteiger partial charge in [0.05, 0.1) is 18.8 Å². The molecule has 2 heterocycles. The number of aliphatic hydroxyl groups excluding tert-OH is 1. The first-order chi connectivity index (χ1) is 10.0. The second kappa shape index (κ2) is 5.72. The molecule has 3 fully saturated rings. The molecule has 0 radical (unpaired) electrons. The summed E-state index contributed by atoms with van der Waals surface area (Å²) in [4.78, 5) is 13.7. The molecule has 0 aromatic heterocycles. The van der Waals surface area contributed by atoms with Crippen LogP contribution >= 0.6 is 0 Å². The van der Waals surface area contributed by atoms with Crippen LogP contribution in [0.1, 0.15) is 44.9 Å². The molecule has 2 aliphatic heterocycles. The predicted octanol–water partition coefficient (Wildman–Crippen LogP) is 1.59. The van der Waals surface area contributed by atoms with Crippen LogP contribution in [0.5, 0.6) is 0 Å². The Morgan fingerprint density at radius 1 is 1.38 bits per heavy atom. The van der Waals surface area contributed by atoms with Crippen LogP contribution in [0, 0.1) is 0 Å². The number of urea groups is 1. The topological polar surface area (TPSA) is 61.8 Å².